The number of para-hydroxylation sites is 6. The minimum absolute atomic E-state index is 0. The Morgan fingerprint density at radius 2 is 0.808 bits per heavy atom. The molecule has 2 N–H and O–H groups in total. The van der Waals surface area contributed by atoms with Gasteiger partial charge in [0.25, 0.3) is 0 Å². The number of anilines is 1. The molecule has 24 heteroatoms. The normalized spacial score (nSPS) is 12.5. The lowest BCUT2D eigenvalue weighted by Crippen LogP contribution is -3.00. The summed E-state index contributed by atoms with van der Waals surface area (Å²) in [5.74, 6) is -0.364. The Morgan fingerprint density at radius 3 is 1.17 bits per heavy atom. The molecule has 2 unspecified atom stereocenters. The van der Waals surface area contributed by atoms with Crippen molar-refractivity contribution in [1.29, 1.82) is 1.28 Å². The number of aryl methyl sites for hydroxylation is 1. The minimum Gasteiger partial charge on any atom is -1.00 e. The molecular weight excluding hydrogens is 1460 g/mol. The number of hydrogen-bond donors (Lipinski definition) is 2. The number of nitro groups is 4. The van der Waals surface area contributed by atoms with Crippen LogP contribution in [0.2, 0.25) is 0 Å². The van der Waals surface area contributed by atoms with E-state index >= 15 is 0 Å². The number of hydrogen-bond acceptors (Lipinski definition) is 13. The first kappa shape index (κ1) is 89.8. The largest absolute Gasteiger partial charge is 1.00 e. The monoisotopic (exact) mass is 1550 g/mol. The summed E-state index contributed by atoms with van der Waals surface area (Å²) in [5, 5.41) is 40.5. The second-order valence-corrected chi connectivity index (χ2v) is 21.0. The van der Waals surface area contributed by atoms with Crippen molar-refractivity contribution in [3.05, 3.63) is 416 Å². The number of rotatable bonds is 13. The summed E-state index contributed by atoms with van der Waals surface area (Å²) in [6, 6.07) is 87.3. The van der Waals surface area contributed by atoms with E-state index in [-0.39, 0.29) is 43.6 Å². The smallest absolute Gasteiger partial charge is 0.215 e. The maximum Gasteiger partial charge on any atom is 0.215 e. The van der Waals surface area contributed by atoms with Crippen LogP contribution < -0.4 is 15.0 Å². The molecule has 0 spiro atoms. The highest BCUT2D eigenvalue weighted by Gasteiger charge is 2.22. The van der Waals surface area contributed by atoms with E-state index < -0.39 is 14.8 Å². The van der Waals surface area contributed by atoms with Gasteiger partial charge in [0.2, 0.25) is 17.9 Å². The summed E-state index contributed by atoms with van der Waals surface area (Å²) >= 11 is 1.98. The number of nitrogens with zero attached hydrogens (tertiary/aromatic N) is 8. The predicted octanol–water partition coefficient (Wildman–Crippen LogP) is 16.1. The Labute approximate surface area is 620 Å². The van der Waals surface area contributed by atoms with Crippen LogP contribution in [0.15, 0.2) is 353 Å². The third kappa shape index (κ3) is 39.5. The van der Waals surface area contributed by atoms with E-state index in [0.29, 0.717) is 12.5 Å². The first-order chi connectivity index (χ1) is 48.4. The van der Waals surface area contributed by atoms with E-state index in [0.717, 1.165) is 82.6 Å². The van der Waals surface area contributed by atoms with Gasteiger partial charge in [0.1, 0.15) is 0 Å². The lowest BCUT2D eigenvalue weighted by atomic mass is 9.96. The van der Waals surface area contributed by atoms with Crippen LogP contribution in [0.25, 0.3) is 0 Å². The maximum atomic E-state index is 11.0. The third-order valence-electron chi connectivity index (χ3n) is 13.3. The molecule has 9 aromatic carbocycles. The van der Waals surface area contributed by atoms with Gasteiger partial charge in [0.05, 0.1) is 52.8 Å². The molecule has 542 valence electrons. The van der Waals surface area contributed by atoms with Gasteiger partial charge in [-0.05, 0) is 163 Å². The summed E-state index contributed by atoms with van der Waals surface area (Å²) in [4.78, 5) is 56.5. The van der Waals surface area contributed by atoms with Gasteiger partial charge < -0.3 is 10.0 Å². The zero-order chi connectivity index (χ0) is 72.0. The summed E-state index contributed by atoms with van der Waals surface area (Å²) in [5.41, 5.74) is 18.0. The molecule has 18 nitrogen and oxygen atoms in total. The fraction of sp³-hybridized carbons (Fsp3) is 0.0875. The van der Waals surface area contributed by atoms with Crippen molar-refractivity contribution >= 4 is 91.6 Å². The number of nitrogens with one attached hydrogen (secondary N) is 2. The second kappa shape index (κ2) is 53.7. The number of aliphatic imine (C=N–C) groups is 4. The molecule has 12 rings (SSSR count). The molecule has 0 bridgehead atoms. The maximum absolute atomic E-state index is 11.0. The molecule has 3 aliphatic carbocycles. The zero-order valence-electron chi connectivity index (χ0n) is 57.1. The highest BCUT2D eigenvalue weighted by molar-refractivity contribution is 14.2. The van der Waals surface area contributed by atoms with Gasteiger partial charge in [-0.3, -0.25) is 59.6 Å². The topological polar surface area (TPSA) is 248 Å². The van der Waals surface area contributed by atoms with E-state index in [4.69, 9.17) is 31.6 Å². The Bertz CT molecular complexity index is 4040. The molecule has 0 radical (unpaired) electrons. The van der Waals surface area contributed by atoms with E-state index in [1.807, 2.05) is 271 Å². The van der Waals surface area contributed by atoms with Crippen LogP contribution in [0.4, 0.5) is 48.2 Å². The lowest BCUT2D eigenvalue weighted by molar-refractivity contribution is -0.482. The van der Waals surface area contributed by atoms with Crippen LogP contribution in [0.1, 0.15) is 35.2 Å². The summed E-state index contributed by atoms with van der Waals surface area (Å²) < 4.78 is 6.22. The fourth-order valence-corrected chi connectivity index (χ4v) is 9.08. The summed E-state index contributed by atoms with van der Waals surface area (Å²) in [6.07, 6.45) is 23.6. The van der Waals surface area contributed by atoms with Gasteiger partial charge in [0.15, 0.2) is 7.05 Å². The van der Waals surface area contributed by atoms with Crippen molar-refractivity contribution in [3.63, 3.8) is 0 Å². The first-order valence-corrected chi connectivity index (χ1v) is 34.3. The molecule has 0 fully saturated rings. The van der Waals surface area contributed by atoms with Gasteiger partial charge in [-0.15, -0.1) is 9.85 Å². The fourth-order valence-electron chi connectivity index (χ4n) is 9.08. The first-order valence-electron chi connectivity index (χ1n) is 31.1. The van der Waals surface area contributed by atoms with Crippen LogP contribution in [0.5, 0.6) is 0 Å². The van der Waals surface area contributed by atoms with Crippen molar-refractivity contribution in [2.45, 2.75) is 27.2 Å². The molecule has 0 aromatic heterocycles. The molecule has 0 aliphatic heterocycles. The van der Waals surface area contributed by atoms with E-state index in [2.05, 4.69) is 130 Å². The third-order valence-corrected chi connectivity index (χ3v) is 13.3. The van der Waals surface area contributed by atoms with E-state index in [1.54, 1.807) is 0 Å². The average molecular weight is 1550 g/mol. The molecule has 0 saturated carbocycles. The van der Waals surface area contributed by atoms with Gasteiger partial charge in [-0.1, -0.05) is 238 Å². The average Bonchev–Trinajstić information content (AvgIpc) is 0.862. The standard InChI is InChI=1S/C21H20.C19H17N3O2.2C18H14N2.CH3NO2.2CH2NO2.CH4.4FH.H2IP/c1-17-14-20(15-18-8-4-2-5-9-18)12-13-21(17)16-19-10-6-3-7-11-19;23-22(24)14-15-13-18(20-16-7-3-1-4-8-16)11-12-19(15)21-17-9-5-2-6-10-17;2*1-3-7-15(8-4-1)19-17-11-13-18(14-12-17)20-16-9-5-2-6-10-16;3*1-2(3)4;;;;;;1-2/h2-14H,15-16H2,1H3;1-13,15,20H,14H2;2*1-14H;1H3;2*1H2;1H4;4*1H;2H2/q;;;;;2*-1;;;;;;/i;;;;;;;;;;;;2D. The van der Waals surface area contributed by atoms with Crippen molar-refractivity contribution in [1.82, 2.24) is 0 Å². The SMILES string of the molecule is C.C1=CC(=Nc2ccccc2)C=CC1=Nc1ccccc1.C1=CC(=[NH+]c2ccccc2)C=CC1=Nc1ccccc1.C[N+](=O)[O-].Cc1cc(Cc2ccccc2)ccc1Cc1ccccc1.F.F.F.O=[N+]([O-])CC1C=C(Nc2ccccc2)C=CC1=Nc1ccccc1.[2H]PI.[CH2-][N+](=O)[O-].[CH2-][N+](=O)[O-].[F-]. The number of allylic oxidation sites excluding steroid dienone is 10. The Balaban J connectivity index is 0.00000127. The van der Waals surface area contributed by atoms with Gasteiger partial charge >= 0.3 is 0 Å². The van der Waals surface area contributed by atoms with E-state index in [1.165, 1.54) is 27.8 Å². The minimum atomic E-state index is -0.750. The highest BCUT2D eigenvalue weighted by Crippen LogP contribution is 2.23. The Morgan fingerprint density at radius 1 is 0.481 bits per heavy atom. The van der Waals surface area contributed by atoms with Gasteiger partial charge in [-0.2, -0.15) is 0 Å². The molecule has 0 heterocycles. The van der Waals surface area contributed by atoms with Gasteiger partial charge in [-0.25, -0.2) is 20.0 Å². The van der Waals surface area contributed by atoms with Crippen molar-refractivity contribution in [2.24, 2.45) is 25.9 Å². The quantitative estimate of drug-likeness (QED) is 0.0212. The highest BCUT2D eigenvalue weighted by atomic mass is 127. The van der Waals surface area contributed by atoms with Crippen molar-refractivity contribution in [2.75, 3.05) is 18.9 Å². The molecule has 0 amide bonds. The Hall–Kier alpha value is -12.2. The number of halogens is 5. The number of benzene rings is 9. The lowest BCUT2D eigenvalue weighted by Gasteiger charge is -2.17. The van der Waals surface area contributed by atoms with Crippen LogP contribution in [0, 0.1) is 67.4 Å². The van der Waals surface area contributed by atoms with Crippen molar-refractivity contribution in [3.8, 4) is 0 Å². The molecule has 0 saturated heterocycles. The van der Waals surface area contributed by atoms with Crippen LogP contribution in [-0.2, 0) is 12.8 Å². The predicted molar refractivity (Wildman–Crippen MR) is 431 cm³/mol. The van der Waals surface area contributed by atoms with Crippen LogP contribution in [0.3, 0.4) is 0 Å². The van der Waals surface area contributed by atoms with E-state index in [9.17, 15) is 10.1 Å². The molecular formula is C80H82F4IN10O8P-2. The molecule has 2 atom stereocenters. The zero-order valence-corrected chi connectivity index (χ0v) is 59.3. The Kier molecular flexibility index (Phi) is 46.3. The molecule has 9 aromatic rings. The summed E-state index contributed by atoms with van der Waals surface area (Å²) in [7, 11) is 5.61. The summed E-state index contributed by atoms with van der Waals surface area (Å²) in [6.45, 7) is 2.33. The van der Waals surface area contributed by atoms with Crippen molar-refractivity contribution < 1.29 is 43.5 Å². The molecule has 104 heavy (non-hydrogen) atoms. The van der Waals surface area contributed by atoms with Crippen LogP contribution >= 0.6 is 28.9 Å². The van der Waals surface area contributed by atoms with Gasteiger partial charge in [0, 0.05) is 45.5 Å². The van der Waals surface area contributed by atoms with Crippen LogP contribution in [-0.4, -0.2) is 63.1 Å². The molecule has 3 aliphatic rings. The second-order valence-electron chi connectivity index (χ2n) is 21.0.